The molecule has 0 bridgehead atoms. The Morgan fingerprint density at radius 1 is 1.53 bits per heavy atom. The van der Waals surface area contributed by atoms with Crippen molar-refractivity contribution in [3.8, 4) is 0 Å². The third kappa shape index (κ3) is 3.26. The number of halogens is 1. The zero-order valence-corrected chi connectivity index (χ0v) is 10.4. The molecule has 0 radical (unpaired) electrons. The molecule has 1 fully saturated rings. The lowest BCUT2D eigenvalue weighted by molar-refractivity contribution is 0.0842. The van der Waals surface area contributed by atoms with E-state index < -0.39 is 16.0 Å². The highest BCUT2D eigenvalue weighted by Crippen LogP contribution is 2.29. The van der Waals surface area contributed by atoms with Gasteiger partial charge in [0, 0.05) is 37.9 Å². The summed E-state index contributed by atoms with van der Waals surface area (Å²) in [6.07, 6.45) is 3.18. The summed E-state index contributed by atoms with van der Waals surface area (Å²) in [5.41, 5.74) is 1.15. The van der Waals surface area contributed by atoms with Gasteiger partial charge in [0.05, 0.1) is 5.69 Å². The first-order valence-electron chi connectivity index (χ1n) is 5.48. The summed E-state index contributed by atoms with van der Waals surface area (Å²) in [4.78, 5) is 0. The Hall–Kier alpha value is -0.950. The maximum atomic E-state index is 12.7. The molecule has 96 valence electrons. The number of rotatable bonds is 3. The van der Waals surface area contributed by atoms with E-state index in [1.165, 1.54) is 4.68 Å². The Morgan fingerprint density at radius 2 is 2.18 bits per heavy atom. The van der Waals surface area contributed by atoms with E-state index in [-0.39, 0.29) is 5.92 Å². The summed E-state index contributed by atoms with van der Waals surface area (Å²) in [5.74, 6) is -0.422. The average Bonchev–Trinajstić information content (AvgIpc) is 2.58. The van der Waals surface area contributed by atoms with Gasteiger partial charge in [-0.15, -0.1) is 3.89 Å². The van der Waals surface area contributed by atoms with Crippen LogP contribution < -0.4 is 0 Å². The zero-order valence-electron chi connectivity index (χ0n) is 9.60. The first kappa shape index (κ1) is 12.5. The summed E-state index contributed by atoms with van der Waals surface area (Å²) in [7, 11) is -2.80. The molecule has 1 aromatic rings. The van der Waals surface area contributed by atoms with Crippen LogP contribution in [0.2, 0.25) is 0 Å². The van der Waals surface area contributed by atoms with Crippen LogP contribution in [-0.2, 0) is 27.8 Å². The molecule has 5 nitrogen and oxygen atoms in total. The van der Waals surface area contributed by atoms with Crippen LogP contribution in [0.5, 0.6) is 0 Å². The van der Waals surface area contributed by atoms with Gasteiger partial charge in [-0.05, 0) is 12.8 Å². The van der Waals surface area contributed by atoms with Gasteiger partial charge in [0.15, 0.2) is 0 Å². The molecule has 0 N–H and O–H groups in total. The van der Waals surface area contributed by atoms with Gasteiger partial charge < -0.3 is 4.74 Å². The molecule has 0 unspecified atom stereocenters. The molecule has 2 rings (SSSR count). The first-order valence-corrected chi connectivity index (χ1v) is 7.03. The van der Waals surface area contributed by atoms with E-state index in [1.807, 2.05) is 0 Å². The lowest BCUT2D eigenvalue weighted by atomic mass is 9.94. The van der Waals surface area contributed by atoms with Gasteiger partial charge >= 0.3 is 10.2 Å². The summed E-state index contributed by atoms with van der Waals surface area (Å²) in [6.45, 7) is 1.28. The standard InChI is InChI=1S/C10H15FN2O3S/c1-13-6-9(7-17(11,14)15)10(12-13)8-2-4-16-5-3-8/h6,8H,2-5,7H2,1H3. The van der Waals surface area contributed by atoms with Crippen molar-refractivity contribution in [1.82, 2.24) is 9.78 Å². The van der Waals surface area contributed by atoms with Crippen LogP contribution in [0.1, 0.15) is 30.0 Å². The predicted octanol–water partition coefficient (Wildman–Crippen LogP) is 1.11. The monoisotopic (exact) mass is 262 g/mol. The fraction of sp³-hybridized carbons (Fsp3) is 0.700. The van der Waals surface area contributed by atoms with Crippen molar-refractivity contribution < 1.29 is 17.0 Å². The molecular formula is C10H15FN2O3S. The normalized spacial score (nSPS) is 18.5. The van der Waals surface area contributed by atoms with Crippen molar-refractivity contribution in [3.05, 3.63) is 17.5 Å². The van der Waals surface area contributed by atoms with E-state index in [0.717, 1.165) is 12.8 Å². The van der Waals surface area contributed by atoms with Crippen LogP contribution in [0.25, 0.3) is 0 Å². The van der Waals surface area contributed by atoms with Gasteiger partial charge in [-0.1, -0.05) is 0 Å². The quantitative estimate of drug-likeness (QED) is 0.766. The molecule has 0 aromatic carbocycles. The van der Waals surface area contributed by atoms with E-state index in [2.05, 4.69) is 5.10 Å². The Morgan fingerprint density at radius 3 is 2.76 bits per heavy atom. The van der Waals surface area contributed by atoms with Crippen LogP contribution in [-0.4, -0.2) is 31.4 Å². The molecule has 1 aliphatic heterocycles. The number of aromatic nitrogens is 2. The lowest BCUT2D eigenvalue weighted by Crippen LogP contribution is -2.16. The summed E-state index contributed by atoms with van der Waals surface area (Å²) >= 11 is 0. The minimum atomic E-state index is -4.51. The van der Waals surface area contributed by atoms with E-state index in [4.69, 9.17) is 4.74 Å². The smallest absolute Gasteiger partial charge is 0.306 e. The van der Waals surface area contributed by atoms with Gasteiger partial charge in [-0.2, -0.15) is 13.5 Å². The number of ether oxygens (including phenoxy) is 1. The van der Waals surface area contributed by atoms with E-state index in [1.54, 1.807) is 13.2 Å². The number of nitrogens with zero attached hydrogens (tertiary/aromatic N) is 2. The highest BCUT2D eigenvalue weighted by atomic mass is 32.3. The topological polar surface area (TPSA) is 61.2 Å². The molecule has 1 saturated heterocycles. The van der Waals surface area contributed by atoms with Crippen molar-refractivity contribution >= 4 is 10.2 Å². The molecule has 0 atom stereocenters. The highest BCUT2D eigenvalue weighted by molar-refractivity contribution is 7.85. The van der Waals surface area contributed by atoms with Gasteiger partial charge in [0.25, 0.3) is 0 Å². The molecular weight excluding hydrogens is 247 g/mol. The molecule has 0 amide bonds. The van der Waals surface area contributed by atoms with E-state index in [9.17, 15) is 12.3 Å². The summed E-state index contributed by atoms with van der Waals surface area (Å²) in [5, 5.41) is 4.25. The van der Waals surface area contributed by atoms with Gasteiger partial charge in [-0.3, -0.25) is 4.68 Å². The molecule has 17 heavy (non-hydrogen) atoms. The number of hydrogen-bond donors (Lipinski definition) is 0. The third-order valence-electron chi connectivity index (χ3n) is 2.87. The number of aryl methyl sites for hydroxylation is 1. The molecule has 0 spiro atoms. The van der Waals surface area contributed by atoms with Crippen molar-refractivity contribution in [2.75, 3.05) is 13.2 Å². The summed E-state index contributed by atoms with van der Waals surface area (Å²) in [6, 6.07) is 0. The van der Waals surface area contributed by atoms with Crippen molar-refractivity contribution in [2.45, 2.75) is 24.5 Å². The van der Waals surface area contributed by atoms with Crippen LogP contribution >= 0.6 is 0 Å². The maximum absolute atomic E-state index is 12.7. The average molecular weight is 262 g/mol. The van der Waals surface area contributed by atoms with Crippen LogP contribution in [0.4, 0.5) is 3.89 Å². The highest BCUT2D eigenvalue weighted by Gasteiger charge is 2.24. The van der Waals surface area contributed by atoms with Gasteiger partial charge in [-0.25, -0.2) is 0 Å². The molecule has 0 saturated carbocycles. The fourth-order valence-electron chi connectivity index (χ4n) is 2.17. The molecule has 0 aliphatic carbocycles. The Labute approximate surface area is 99.8 Å². The van der Waals surface area contributed by atoms with Crippen LogP contribution in [0.3, 0.4) is 0 Å². The Kier molecular flexibility index (Phi) is 3.48. The number of hydrogen-bond acceptors (Lipinski definition) is 4. The Bertz CT molecular complexity index is 492. The van der Waals surface area contributed by atoms with Crippen LogP contribution in [0, 0.1) is 0 Å². The third-order valence-corrected chi connectivity index (χ3v) is 3.53. The zero-order chi connectivity index (χ0) is 12.5. The molecule has 7 heteroatoms. The van der Waals surface area contributed by atoms with Crippen LogP contribution in [0.15, 0.2) is 6.20 Å². The molecule has 2 heterocycles. The van der Waals surface area contributed by atoms with Gasteiger partial charge in [0.1, 0.15) is 5.75 Å². The van der Waals surface area contributed by atoms with E-state index in [0.29, 0.717) is 24.5 Å². The van der Waals surface area contributed by atoms with E-state index >= 15 is 0 Å². The molecule has 1 aliphatic rings. The second-order valence-corrected chi connectivity index (χ2v) is 5.65. The Balaban J connectivity index is 2.26. The van der Waals surface area contributed by atoms with Crippen molar-refractivity contribution in [2.24, 2.45) is 7.05 Å². The second kappa shape index (κ2) is 4.73. The first-order chi connectivity index (χ1) is 7.96. The predicted molar refractivity (Wildman–Crippen MR) is 59.7 cm³/mol. The van der Waals surface area contributed by atoms with Crippen molar-refractivity contribution in [1.29, 1.82) is 0 Å². The maximum Gasteiger partial charge on any atom is 0.306 e. The lowest BCUT2D eigenvalue weighted by Gasteiger charge is -2.21. The van der Waals surface area contributed by atoms with Crippen molar-refractivity contribution in [3.63, 3.8) is 0 Å². The second-order valence-electron chi connectivity index (χ2n) is 4.28. The minimum absolute atomic E-state index is 0.168. The fourth-order valence-corrected chi connectivity index (χ4v) is 2.76. The molecule has 1 aromatic heterocycles. The largest absolute Gasteiger partial charge is 0.381 e. The summed E-state index contributed by atoms with van der Waals surface area (Å²) < 4.78 is 40.9. The van der Waals surface area contributed by atoms with Gasteiger partial charge in [0.2, 0.25) is 0 Å². The SMILES string of the molecule is Cn1cc(CS(=O)(=O)F)c(C2CCOCC2)n1. The minimum Gasteiger partial charge on any atom is -0.381 e.